The molecular formula is C18H17ClF2N2O2. The van der Waals surface area contributed by atoms with Gasteiger partial charge in [0.2, 0.25) is 11.8 Å². The molecule has 0 atom stereocenters. The van der Waals surface area contributed by atoms with Gasteiger partial charge in [-0.1, -0.05) is 23.7 Å². The predicted molar refractivity (Wildman–Crippen MR) is 93.9 cm³/mol. The number of hydrogen-bond acceptors (Lipinski definition) is 2. The first-order valence-corrected chi connectivity index (χ1v) is 7.87. The Morgan fingerprint density at radius 3 is 2.28 bits per heavy atom. The maximum Gasteiger partial charge on any atom is 0.244 e. The summed E-state index contributed by atoms with van der Waals surface area (Å²) in [6.07, 6.45) is 0. The SMILES string of the molecule is CC(=O)N(CC(=O)Nc1c(C)cc(C)cc1Cl)c1c(F)cccc1F. The summed E-state index contributed by atoms with van der Waals surface area (Å²) in [5, 5.41) is 2.93. The molecule has 0 radical (unpaired) electrons. The Hall–Kier alpha value is -2.47. The van der Waals surface area contributed by atoms with Crippen LogP contribution in [0.25, 0.3) is 0 Å². The summed E-state index contributed by atoms with van der Waals surface area (Å²) in [7, 11) is 0. The number of aryl methyl sites for hydroxylation is 2. The molecule has 4 nitrogen and oxygen atoms in total. The van der Waals surface area contributed by atoms with E-state index >= 15 is 0 Å². The number of benzene rings is 2. The molecular weight excluding hydrogens is 350 g/mol. The van der Waals surface area contributed by atoms with E-state index in [1.807, 2.05) is 13.0 Å². The first-order chi connectivity index (χ1) is 11.7. The van der Waals surface area contributed by atoms with E-state index in [4.69, 9.17) is 11.6 Å². The van der Waals surface area contributed by atoms with Crippen molar-refractivity contribution in [3.63, 3.8) is 0 Å². The van der Waals surface area contributed by atoms with Gasteiger partial charge in [0.05, 0.1) is 10.7 Å². The van der Waals surface area contributed by atoms with E-state index in [-0.39, 0.29) is 0 Å². The van der Waals surface area contributed by atoms with E-state index in [1.54, 1.807) is 13.0 Å². The van der Waals surface area contributed by atoms with Gasteiger partial charge in [0.25, 0.3) is 0 Å². The zero-order valence-corrected chi connectivity index (χ0v) is 14.7. The zero-order valence-electron chi connectivity index (χ0n) is 14.0. The lowest BCUT2D eigenvalue weighted by atomic mass is 10.1. The Morgan fingerprint density at radius 1 is 1.16 bits per heavy atom. The smallest absolute Gasteiger partial charge is 0.244 e. The standard InChI is InChI=1S/C18H17ClF2N2O2/c1-10-7-11(2)17(13(19)8-10)22-16(25)9-23(12(3)24)18-14(20)5-4-6-15(18)21/h4-8H,9H2,1-3H3,(H,22,25). The molecule has 1 N–H and O–H groups in total. The van der Waals surface area contributed by atoms with Gasteiger partial charge in [0.1, 0.15) is 23.9 Å². The van der Waals surface area contributed by atoms with E-state index in [9.17, 15) is 18.4 Å². The Balaban J connectivity index is 2.27. The molecule has 0 saturated carbocycles. The summed E-state index contributed by atoms with van der Waals surface area (Å²) in [6, 6.07) is 6.74. The van der Waals surface area contributed by atoms with Crippen molar-refractivity contribution in [1.29, 1.82) is 0 Å². The van der Waals surface area contributed by atoms with Crippen molar-refractivity contribution in [2.75, 3.05) is 16.8 Å². The van der Waals surface area contributed by atoms with Crippen molar-refractivity contribution in [3.05, 3.63) is 58.1 Å². The Labute approximate surface area is 149 Å². The molecule has 0 spiro atoms. The molecule has 0 heterocycles. The maximum absolute atomic E-state index is 13.9. The van der Waals surface area contributed by atoms with Gasteiger partial charge in [-0.25, -0.2) is 8.78 Å². The van der Waals surface area contributed by atoms with Crippen LogP contribution in [0.3, 0.4) is 0 Å². The Bertz CT molecular complexity index is 797. The molecule has 0 saturated heterocycles. The second-order valence-corrected chi connectivity index (χ2v) is 6.07. The van der Waals surface area contributed by atoms with Crippen LogP contribution in [0, 0.1) is 25.5 Å². The van der Waals surface area contributed by atoms with Crippen molar-refractivity contribution >= 4 is 34.8 Å². The molecule has 0 aliphatic carbocycles. The molecule has 2 aromatic rings. The van der Waals surface area contributed by atoms with Crippen LogP contribution in [-0.2, 0) is 9.59 Å². The number of hydrogen-bond donors (Lipinski definition) is 1. The largest absolute Gasteiger partial charge is 0.323 e. The van der Waals surface area contributed by atoms with Crippen LogP contribution in [0.1, 0.15) is 18.1 Å². The highest BCUT2D eigenvalue weighted by Gasteiger charge is 2.23. The van der Waals surface area contributed by atoms with Crippen LogP contribution < -0.4 is 10.2 Å². The van der Waals surface area contributed by atoms with E-state index in [1.165, 1.54) is 6.07 Å². The van der Waals surface area contributed by atoms with Gasteiger partial charge < -0.3 is 5.32 Å². The summed E-state index contributed by atoms with van der Waals surface area (Å²) in [6.45, 7) is 4.22. The van der Waals surface area contributed by atoms with Gasteiger partial charge in [-0.2, -0.15) is 0 Å². The van der Waals surface area contributed by atoms with Gasteiger partial charge in [0, 0.05) is 6.92 Å². The van der Waals surface area contributed by atoms with E-state index in [0.717, 1.165) is 35.1 Å². The number of anilines is 2. The van der Waals surface area contributed by atoms with Crippen LogP contribution in [0.15, 0.2) is 30.3 Å². The Morgan fingerprint density at radius 2 is 1.76 bits per heavy atom. The van der Waals surface area contributed by atoms with E-state index < -0.39 is 35.7 Å². The lowest BCUT2D eigenvalue weighted by Crippen LogP contribution is -2.38. The molecule has 132 valence electrons. The van der Waals surface area contributed by atoms with Crippen molar-refractivity contribution in [3.8, 4) is 0 Å². The fraction of sp³-hybridized carbons (Fsp3) is 0.222. The van der Waals surface area contributed by atoms with E-state index in [0.29, 0.717) is 10.7 Å². The molecule has 0 aliphatic heterocycles. The number of nitrogens with zero attached hydrogens (tertiary/aromatic N) is 1. The first-order valence-electron chi connectivity index (χ1n) is 7.49. The average molecular weight is 367 g/mol. The van der Waals surface area contributed by atoms with Gasteiger partial charge in [-0.3, -0.25) is 14.5 Å². The predicted octanol–water partition coefficient (Wildman–Crippen LogP) is 4.23. The third kappa shape index (κ3) is 4.33. The average Bonchev–Trinajstić information content (AvgIpc) is 2.49. The highest BCUT2D eigenvalue weighted by Crippen LogP contribution is 2.28. The summed E-state index contributed by atoms with van der Waals surface area (Å²) in [5.41, 5.74) is 1.51. The molecule has 2 aromatic carbocycles. The number of carbonyl (C=O) groups excluding carboxylic acids is 2. The second-order valence-electron chi connectivity index (χ2n) is 5.66. The van der Waals surface area contributed by atoms with Crippen molar-refractivity contribution in [1.82, 2.24) is 0 Å². The van der Waals surface area contributed by atoms with Gasteiger partial charge in [0.15, 0.2) is 0 Å². The van der Waals surface area contributed by atoms with Gasteiger partial charge in [-0.15, -0.1) is 0 Å². The second kappa shape index (κ2) is 7.61. The molecule has 0 bridgehead atoms. The number of halogens is 3. The molecule has 7 heteroatoms. The van der Waals surface area contributed by atoms with E-state index in [2.05, 4.69) is 5.32 Å². The third-order valence-corrected chi connectivity index (χ3v) is 3.88. The lowest BCUT2D eigenvalue weighted by Gasteiger charge is -2.22. The fourth-order valence-corrected chi connectivity index (χ4v) is 2.86. The van der Waals surface area contributed by atoms with Gasteiger partial charge >= 0.3 is 0 Å². The fourth-order valence-electron chi connectivity index (χ4n) is 2.49. The minimum atomic E-state index is -0.924. The molecule has 2 rings (SSSR count). The summed E-state index contributed by atoms with van der Waals surface area (Å²) in [4.78, 5) is 24.9. The highest BCUT2D eigenvalue weighted by atomic mass is 35.5. The number of nitrogens with one attached hydrogen (secondary N) is 1. The number of carbonyl (C=O) groups is 2. The molecule has 0 unspecified atom stereocenters. The lowest BCUT2D eigenvalue weighted by molar-refractivity contribution is -0.120. The van der Waals surface area contributed by atoms with Crippen molar-refractivity contribution in [2.24, 2.45) is 0 Å². The van der Waals surface area contributed by atoms with Crippen molar-refractivity contribution in [2.45, 2.75) is 20.8 Å². The van der Waals surface area contributed by atoms with Crippen LogP contribution in [-0.4, -0.2) is 18.4 Å². The molecule has 0 aromatic heterocycles. The zero-order chi connectivity index (χ0) is 18.7. The topological polar surface area (TPSA) is 49.4 Å². The molecule has 0 fully saturated rings. The van der Waals surface area contributed by atoms with Crippen LogP contribution in [0.4, 0.5) is 20.2 Å². The Kier molecular flexibility index (Phi) is 5.74. The summed E-state index contributed by atoms with van der Waals surface area (Å²) < 4.78 is 27.8. The number of rotatable bonds is 4. The number of amides is 2. The van der Waals surface area contributed by atoms with Gasteiger partial charge in [-0.05, 0) is 43.2 Å². The monoisotopic (exact) mass is 366 g/mol. The molecule has 2 amide bonds. The quantitative estimate of drug-likeness (QED) is 0.880. The maximum atomic E-state index is 13.9. The van der Waals surface area contributed by atoms with Crippen molar-refractivity contribution < 1.29 is 18.4 Å². The molecule has 25 heavy (non-hydrogen) atoms. The first kappa shape index (κ1) is 18.9. The van der Waals surface area contributed by atoms with Crippen LogP contribution in [0.2, 0.25) is 5.02 Å². The van der Waals surface area contributed by atoms with Crippen LogP contribution in [0.5, 0.6) is 0 Å². The summed E-state index contributed by atoms with van der Waals surface area (Å²) >= 11 is 6.13. The number of para-hydroxylation sites is 1. The third-order valence-electron chi connectivity index (χ3n) is 3.59. The summed E-state index contributed by atoms with van der Waals surface area (Å²) in [5.74, 6) is -3.13. The minimum Gasteiger partial charge on any atom is -0.323 e. The minimum absolute atomic E-state index is 0.345. The normalized spacial score (nSPS) is 10.5. The molecule has 0 aliphatic rings. The van der Waals surface area contributed by atoms with Crippen LogP contribution >= 0.6 is 11.6 Å². The highest BCUT2D eigenvalue weighted by molar-refractivity contribution is 6.34.